The molecule has 3 aromatic rings. The molecule has 9 heteroatoms. The highest BCUT2D eigenvalue weighted by atomic mass is 16.5. The molecule has 2 saturated carbocycles. The number of aryl methyl sites for hydroxylation is 3. The molecule has 2 aliphatic heterocycles. The van der Waals surface area contributed by atoms with Gasteiger partial charge in [0.25, 0.3) is 5.78 Å². The third-order valence-electron chi connectivity index (χ3n) is 9.54. The summed E-state index contributed by atoms with van der Waals surface area (Å²) < 4.78 is 14.2. The quantitative estimate of drug-likeness (QED) is 0.472. The Kier molecular flexibility index (Phi) is 6.45. The number of hydrogen-bond acceptors (Lipinski definition) is 7. The summed E-state index contributed by atoms with van der Waals surface area (Å²) in [5, 5.41) is 4.47. The van der Waals surface area contributed by atoms with E-state index in [1.54, 1.807) is 4.52 Å². The van der Waals surface area contributed by atoms with Gasteiger partial charge >= 0.3 is 0 Å². The highest BCUT2D eigenvalue weighted by Crippen LogP contribution is 2.43. The number of rotatable bonds is 5. The maximum absolute atomic E-state index is 13.2. The monoisotopic (exact) mass is 544 g/mol. The van der Waals surface area contributed by atoms with E-state index in [4.69, 9.17) is 9.47 Å². The number of carbonyl (C=O) groups is 1. The van der Waals surface area contributed by atoms with Gasteiger partial charge in [0.15, 0.2) is 5.75 Å². The summed E-state index contributed by atoms with van der Waals surface area (Å²) in [6.07, 6.45) is 7.47. The number of carbonyl (C=O) groups excluding carboxylic acids is 1. The van der Waals surface area contributed by atoms with Crippen molar-refractivity contribution in [1.82, 2.24) is 24.5 Å². The zero-order valence-corrected chi connectivity index (χ0v) is 23.9. The lowest BCUT2D eigenvalue weighted by molar-refractivity contribution is -0.146. The lowest BCUT2D eigenvalue weighted by Crippen LogP contribution is -2.49. The molecule has 0 N–H and O–H groups in total. The molecular formula is C31H40N6O3. The fourth-order valence-corrected chi connectivity index (χ4v) is 7.02. The average molecular weight is 545 g/mol. The largest absolute Gasteiger partial charge is 0.485 e. The third-order valence-corrected chi connectivity index (χ3v) is 9.54. The van der Waals surface area contributed by atoms with Gasteiger partial charge in [-0.25, -0.2) is 4.98 Å². The van der Waals surface area contributed by atoms with Crippen LogP contribution in [0, 0.1) is 26.7 Å². The summed E-state index contributed by atoms with van der Waals surface area (Å²) in [4.78, 5) is 26.7. The van der Waals surface area contributed by atoms with Gasteiger partial charge in [-0.05, 0) is 82.9 Å². The number of morpholine rings is 1. The molecule has 1 atom stereocenters. The maximum atomic E-state index is 13.2. The molecule has 0 bridgehead atoms. The average Bonchev–Trinajstić information content (AvgIpc) is 3.36. The Morgan fingerprint density at radius 1 is 1.00 bits per heavy atom. The summed E-state index contributed by atoms with van der Waals surface area (Å²) in [6.45, 7) is 9.97. The number of nitrogens with zero attached hydrogens (tertiary/aromatic N) is 6. The first kappa shape index (κ1) is 25.7. The Balaban J connectivity index is 0.936. The van der Waals surface area contributed by atoms with E-state index >= 15 is 0 Å². The number of hydrogen-bond donors (Lipinski definition) is 0. The highest BCUT2D eigenvalue weighted by Gasteiger charge is 2.49. The number of fused-ring (bicyclic) bond motifs is 1. The molecule has 4 fully saturated rings. The lowest BCUT2D eigenvalue weighted by atomic mass is 9.78. The van der Waals surface area contributed by atoms with Crippen molar-refractivity contribution in [2.45, 2.75) is 83.3 Å². The Morgan fingerprint density at radius 3 is 2.52 bits per heavy atom. The van der Waals surface area contributed by atoms with Gasteiger partial charge in [-0.1, -0.05) is 12.1 Å². The number of ether oxygens (including phenoxy) is 2. The summed E-state index contributed by atoms with van der Waals surface area (Å²) in [6, 6.07) is 9.13. The summed E-state index contributed by atoms with van der Waals surface area (Å²) in [7, 11) is 0. The minimum absolute atomic E-state index is 0.00883. The van der Waals surface area contributed by atoms with Gasteiger partial charge in [0.2, 0.25) is 5.91 Å². The Bertz CT molecular complexity index is 1410. The van der Waals surface area contributed by atoms with Gasteiger partial charge in [0.1, 0.15) is 11.9 Å². The van der Waals surface area contributed by atoms with Gasteiger partial charge < -0.3 is 19.3 Å². The van der Waals surface area contributed by atoms with Crippen molar-refractivity contribution in [2.75, 3.05) is 37.7 Å². The molecule has 0 radical (unpaired) electrons. The first-order valence-electron chi connectivity index (χ1n) is 15.0. The fraction of sp³-hybridized carbons (Fsp3) is 0.613. The first-order chi connectivity index (χ1) is 19.4. The van der Waals surface area contributed by atoms with Crippen molar-refractivity contribution < 1.29 is 14.3 Å². The van der Waals surface area contributed by atoms with Crippen molar-refractivity contribution in [3.05, 3.63) is 47.0 Å². The zero-order valence-electron chi connectivity index (χ0n) is 23.9. The first-order valence-corrected chi connectivity index (χ1v) is 15.0. The van der Waals surface area contributed by atoms with Crippen LogP contribution in [0.4, 0.5) is 5.69 Å². The number of amides is 1. The van der Waals surface area contributed by atoms with Gasteiger partial charge in [0, 0.05) is 37.7 Å². The molecule has 1 aromatic carbocycles. The van der Waals surface area contributed by atoms with Crippen LogP contribution >= 0.6 is 0 Å². The maximum Gasteiger partial charge on any atom is 0.253 e. The van der Waals surface area contributed by atoms with Crippen LogP contribution in [-0.4, -0.2) is 74.9 Å². The number of anilines is 1. The second kappa shape index (κ2) is 10.0. The van der Waals surface area contributed by atoms with E-state index in [0.717, 1.165) is 88.3 Å². The van der Waals surface area contributed by atoms with Crippen molar-refractivity contribution in [1.29, 1.82) is 0 Å². The van der Waals surface area contributed by atoms with Gasteiger partial charge in [-0.15, -0.1) is 5.10 Å². The van der Waals surface area contributed by atoms with E-state index in [2.05, 4.69) is 49.1 Å². The third kappa shape index (κ3) is 4.82. The summed E-state index contributed by atoms with van der Waals surface area (Å²) in [5.41, 5.74) is 4.45. The predicted octanol–water partition coefficient (Wildman–Crippen LogP) is 4.37. The van der Waals surface area contributed by atoms with Gasteiger partial charge in [0.05, 0.1) is 30.1 Å². The molecule has 4 aliphatic rings. The SMILES string of the molecule is Cc1nc2nc(C)c(O[C@@H]3CCN(c4ccc([C@H]5CC[C@H](C(=O)N6CCOC7(CC7)C6)CC5)cc4)C3)c(C)n2n1. The number of aromatic nitrogens is 4. The molecular weight excluding hydrogens is 504 g/mol. The molecule has 40 heavy (non-hydrogen) atoms. The van der Waals surface area contributed by atoms with E-state index in [1.807, 2.05) is 20.8 Å². The van der Waals surface area contributed by atoms with Crippen molar-refractivity contribution in [3.63, 3.8) is 0 Å². The highest BCUT2D eigenvalue weighted by molar-refractivity contribution is 5.79. The summed E-state index contributed by atoms with van der Waals surface area (Å²) >= 11 is 0. The van der Waals surface area contributed by atoms with Crippen LogP contribution < -0.4 is 9.64 Å². The van der Waals surface area contributed by atoms with Crippen LogP contribution in [0.25, 0.3) is 5.78 Å². The van der Waals surface area contributed by atoms with Crippen LogP contribution in [0.15, 0.2) is 24.3 Å². The van der Waals surface area contributed by atoms with Crippen LogP contribution in [0.3, 0.4) is 0 Å². The molecule has 0 unspecified atom stereocenters. The topological polar surface area (TPSA) is 85.1 Å². The Labute approximate surface area is 235 Å². The number of benzene rings is 1. The van der Waals surface area contributed by atoms with Gasteiger partial charge in [-0.2, -0.15) is 9.50 Å². The fourth-order valence-electron chi connectivity index (χ4n) is 7.02. The summed E-state index contributed by atoms with van der Waals surface area (Å²) in [5.74, 6) is 3.24. The van der Waals surface area contributed by atoms with Gasteiger partial charge in [-0.3, -0.25) is 4.79 Å². The lowest BCUT2D eigenvalue weighted by Gasteiger charge is -2.37. The molecule has 2 saturated heterocycles. The molecule has 4 heterocycles. The van der Waals surface area contributed by atoms with Crippen LogP contribution in [0.5, 0.6) is 5.75 Å². The van der Waals surface area contributed by atoms with E-state index in [-0.39, 0.29) is 17.6 Å². The molecule has 2 aliphatic carbocycles. The zero-order chi connectivity index (χ0) is 27.4. The molecule has 2 aromatic heterocycles. The molecule has 1 spiro atoms. The second-order valence-electron chi connectivity index (χ2n) is 12.4. The Morgan fingerprint density at radius 2 is 1.77 bits per heavy atom. The van der Waals surface area contributed by atoms with Crippen molar-refractivity contribution in [3.8, 4) is 5.75 Å². The van der Waals surface area contributed by atoms with E-state index in [0.29, 0.717) is 30.0 Å². The van der Waals surface area contributed by atoms with Crippen LogP contribution in [-0.2, 0) is 9.53 Å². The molecule has 9 nitrogen and oxygen atoms in total. The second-order valence-corrected chi connectivity index (χ2v) is 12.4. The van der Waals surface area contributed by atoms with E-state index in [1.165, 1.54) is 11.3 Å². The van der Waals surface area contributed by atoms with Crippen molar-refractivity contribution in [2.24, 2.45) is 5.92 Å². The minimum Gasteiger partial charge on any atom is -0.485 e. The molecule has 212 valence electrons. The predicted molar refractivity (Wildman–Crippen MR) is 152 cm³/mol. The molecule has 7 rings (SSSR count). The van der Waals surface area contributed by atoms with Crippen molar-refractivity contribution >= 4 is 17.4 Å². The van der Waals surface area contributed by atoms with Crippen LogP contribution in [0.2, 0.25) is 0 Å². The molecule has 1 amide bonds. The van der Waals surface area contributed by atoms with Crippen LogP contribution in [0.1, 0.15) is 73.6 Å². The normalized spacial score (nSPS) is 26.0. The van der Waals surface area contributed by atoms with E-state index < -0.39 is 0 Å². The smallest absolute Gasteiger partial charge is 0.253 e. The Hall–Kier alpha value is -3.20. The van der Waals surface area contributed by atoms with E-state index in [9.17, 15) is 4.79 Å². The minimum atomic E-state index is 0.00883. The standard InChI is InChI=1S/C31H40N6O3/c1-20-28(21(2)37-30(32-20)33-22(3)34-37)40-27-12-15-35(18-27)26-10-8-24(9-11-26)23-4-6-25(7-5-23)29(38)36-16-17-39-31(19-36)13-14-31/h8-11,23,25,27H,4-7,12-19H2,1-3H3/t23-,25-,27-/m1/s1.